The fourth-order valence-corrected chi connectivity index (χ4v) is 1.69. The van der Waals surface area contributed by atoms with Gasteiger partial charge in [-0.05, 0) is 30.8 Å². The number of hydrogen-bond acceptors (Lipinski definition) is 3. The third-order valence-electron chi connectivity index (χ3n) is 2.49. The summed E-state index contributed by atoms with van der Waals surface area (Å²) in [6.45, 7) is 1.12. The van der Waals surface area contributed by atoms with Crippen molar-refractivity contribution in [3.8, 4) is 0 Å². The highest BCUT2D eigenvalue weighted by Gasteiger charge is 2.09. The van der Waals surface area contributed by atoms with Crippen molar-refractivity contribution in [3.05, 3.63) is 54.1 Å². The molecule has 0 bridgehead atoms. The second kappa shape index (κ2) is 5.41. The predicted octanol–water partition coefficient (Wildman–Crippen LogP) is 1.72. The lowest BCUT2D eigenvalue weighted by atomic mass is 10.2. The number of pyridine rings is 1. The molecule has 17 heavy (non-hydrogen) atoms. The molecule has 0 radical (unpaired) electrons. The van der Waals surface area contributed by atoms with Crippen molar-refractivity contribution in [2.24, 2.45) is 0 Å². The van der Waals surface area contributed by atoms with E-state index < -0.39 is 0 Å². The van der Waals surface area contributed by atoms with E-state index in [1.165, 1.54) is 0 Å². The fraction of sp³-hybridized carbons (Fsp3) is 0.231. The predicted molar refractivity (Wildman–Crippen MR) is 65.7 cm³/mol. The Balaban J connectivity index is 1.90. The Labute approximate surface area is 100 Å². The van der Waals surface area contributed by atoms with Gasteiger partial charge in [-0.1, -0.05) is 6.07 Å². The van der Waals surface area contributed by atoms with E-state index >= 15 is 0 Å². The molecule has 0 atom stereocenters. The first kappa shape index (κ1) is 11.5. The molecule has 4 heteroatoms. The van der Waals surface area contributed by atoms with E-state index in [1.54, 1.807) is 18.5 Å². The first-order valence-electron chi connectivity index (χ1n) is 5.50. The fourth-order valence-electron chi connectivity index (χ4n) is 1.69. The maximum atomic E-state index is 11.8. The third-order valence-corrected chi connectivity index (χ3v) is 2.49. The summed E-state index contributed by atoms with van der Waals surface area (Å²) in [7, 11) is 1.92. The number of Topliss-reactive ketones (excluding diaryl/α,β-unsaturated/α-hetero) is 1. The van der Waals surface area contributed by atoms with Crippen LogP contribution in [0.2, 0.25) is 0 Å². The Morgan fingerprint density at radius 1 is 1.41 bits per heavy atom. The number of H-pyrrole nitrogens is 1. The quantitative estimate of drug-likeness (QED) is 0.794. The zero-order valence-corrected chi connectivity index (χ0v) is 9.76. The number of nitrogens with zero attached hydrogens (tertiary/aromatic N) is 2. The molecule has 0 aliphatic carbocycles. The Kier molecular flexibility index (Phi) is 3.67. The highest BCUT2D eigenvalue weighted by molar-refractivity contribution is 5.95. The molecule has 1 N–H and O–H groups in total. The van der Waals surface area contributed by atoms with E-state index in [2.05, 4.69) is 9.97 Å². The van der Waals surface area contributed by atoms with E-state index in [-0.39, 0.29) is 5.78 Å². The molecule has 2 aromatic rings. The van der Waals surface area contributed by atoms with Crippen molar-refractivity contribution < 1.29 is 4.79 Å². The van der Waals surface area contributed by atoms with Crippen LogP contribution in [0.3, 0.4) is 0 Å². The molecule has 2 aromatic heterocycles. The van der Waals surface area contributed by atoms with E-state index in [4.69, 9.17) is 0 Å². The SMILES string of the molecule is CN(CC(=O)c1ccc[nH]1)Cc1cccnc1. The average Bonchev–Trinajstić information content (AvgIpc) is 2.83. The number of aromatic amines is 1. The van der Waals surface area contributed by atoms with Crippen molar-refractivity contribution in [1.82, 2.24) is 14.9 Å². The summed E-state index contributed by atoms with van der Waals surface area (Å²) in [4.78, 5) is 20.8. The maximum Gasteiger partial charge on any atom is 0.192 e. The van der Waals surface area contributed by atoms with Crippen molar-refractivity contribution in [2.75, 3.05) is 13.6 Å². The van der Waals surface area contributed by atoms with Gasteiger partial charge in [-0.3, -0.25) is 14.7 Å². The van der Waals surface area contributed by atoms with Crippen LogP contribution in [-0.2, 0) is 6.54 Å². The van der Waals surface area contributed by atoms with Gasteiger partial charge in [0.05, 0.1) is 12.2 Å². The van der Waals surface area contributed by atoms with Crippen LogP contribution in [0, 0.1) is 0 Å². The molecular weight excluding hydrogens is 214 g/mol. The third kappa shape index (κ3) is 3.26. The lowest BCUT2D eigenvalue weighted by Gasteiger charge is -2.14. The smallest absolute Gasteiger partial charge is 0.192 e. The molecule has 2 rings (SSSR count). The number of ketones is 1. The number of carbonyl (C=O) groups excluding carboxylic acids is 1. The Morgan fingerprint density at radius 2 is 2.29 bits per heavy atom. The van der Waals surface area contributed by atoms with Gasteiger partial charge in [-0.25, -0.2) is 0 Å². The minimum atomic E-state index is 0.0985. The summed E-state index contributed by atoms with van der Waals surface area (Å²) in [6.07, 6.45) is 5.32. The van der Waals surface area contributed by atoms with Crippen LogP contribution >= 0.6 is 0 Å². The van der Waals surface area contributed by atoms with Crippen LogP contribution in [0.5, 0.6) is 0 Å². The van der Waals surface area contributed by atoms with Crippen molar-refractivity contribution >= 4 is 5.78 Å². The number of aromatic nitrogens is 2. The molecule has 0 fully saturated rings. The normalized spacial score (nSPS) is 10.7. The van der Waals surface area contributed by atoms with Gasteiger partial charge in [0.1, 0.15) is 0 Å². The molecule has 0 spiro atoms. The summed E-state index contributed by atoms with van der Waals surface area (Å²) in [5.41, 5.74) is 1.76. The molecule has 0 saturated heterocycles. The Morgan fingerprint density at radius 3 is 2.94 bits per heavy atom. The average molecular weight is 229 g/mol. The highest BCUT2D eigenvalue weighted by atomic mass is 16.1. The summed E-state index contributed by atoms with van der Waals surface area (Å²) < 4.78 is 0. The Bertz CT molecular complexity index is 465. The summed E-state index contributed by atoms with van der Waals surface area (Å²) >= 11 is 0. The minimum Gasteiger partial charge on any atom is -0.359 e. The molecular formula is C13H15N3O. The van der Waals surface area contributed by atoms with Crippen molar-refractivity contribution in [3.63, 3.8) is 0 Å². The van der Waals surface area contributed by atoms with Gasteiger partial charge < -0.3 is 4.98 Å². The Hall–Kier alpha value is -1.94. The molecule has 88 valence electrons. The first-order valence-corrected chi connectivity index (χ1v) is 5.50. The van der Waals surface area contributed by atoms with Gasteiger partial charge in [0.25, 0.3) is 0 Å². The van der Waals surface area contributed by atoms with Gasteiger partial charge >= 0.3 is 0 Å². The van der Waals surface area contributed by atoms with E-state index in [0.29, 0.717) is 12.2 Å². The summed E-state index contributed by atoms with van der Waals surface area (Å²) in [5.74, 6) is 0.0985. The molecule has 2 heterocycles. The van der Waals surface area contributed by atoms with Gasteiger partial charge in [0.15, 0.2) is 5.78 Å². The van der Waals surface area contributed by atoms with Crippen molar-refractivity contribution in [2.45, 2.75) is 6.54 Å². The van der Waals surface area contributed by atoms with E-state index in [1.807, 2.05) is 36.3 Å². The number of nitrogens with one attached hydrogen (secondary N) is 1. The lowest BCUT2D eigenvalue weighted by molar-refractivity contribution is 0.0938. The lowest BCUT2D eigenvalue weighted by Crippen LogP contribution is -2.25. The second-order valence-corrected chi connectivity index (χ2v) is 4.04. The minimum absolute atomic E-state index is 0.0985. The highest BCUT2D eigenvalue weighted by Crippen LogP contribution is 2.03. The zero-order chi connectivity index (χ0) is 12.1. The number of hydrogen-bond donors (Lipinski definition) is 1. The van der Waals surface area contributed by atoms with Crippen LogP contribution in [0.1, 0.15) is 16.1 Å². The molecule has 0 unspecified atom stereocenters. The molecule has 4 nitrogen and oxygen atoms in total. The standard InChI is InChI=1S/C13H15N3O/c1-16(9-11-4-2-6-14-8-11)10-13(17)12-5-3-7-15-12/h2-8,15H,9-10H2,1H3. The molecule has 0 aromatic carbocycles. The molecule has 0 saturated carbocycles. The van der Waals surface area contributed by atoms with Crippen LogP contribution < -0.4 is 0 Å². The summed E-state index contributed by atoms with van der Waals surface area (Å²) in [6, 6.07) is 7.52. The van der Waals surface area contributed by atoms with Crippen LogP contribution in [0.4, 0.5) is 0 Å². The largest absolute Gasteiger partial charge is 0.359 e. The number of rotatable bonds is 5. The van der Waals surface area contributed by atoms with Crippen LogP contribution in [0.25, 0.3) is 0 Å². The van der Waals surface area contributed by atoms with Gasteiger partial charge in [0.2, 0.25) is 0 Å². The molecule has 0 aliphatic rings. The molecule has 0 aliphatic heterocycles. The summed E-state index contributed by atoms with van der Waals surface area (Å²) in [5, 5.41) is 0. The second-order valence-electron chi connectivity index (χ2n) is 4.04. The van der Waals surface area contributed by atoms with Crippen molar-refractivity contribution in [1.29, 1.82) is 0 Å². The topological polar surface area (TPSA) is 49.0 Å². The van der Waals surface area contributed by atoms with E-state index in [9.17, 15) is 4.79 Å². The maximum absolute atomic E-state index is 11.8. The number of likely N-dealkylation sites (N-methyl/N-ethyl adjacent to an activating group) is 1. The monoisotopic (exact) mass is 229 g/mol. The van der Waals surface area contributed by atoms with Crippen LogP contribution in [-0.4, -0.2) is 34.2 Å². The van der Waals surface area contributed by atoms with Gasteiger partial charge in [0, 0.05) is 25.1 Å². The molecule has 0 amide bonds. The first-order chi connectivity index (χ1) is 8.25. The number of carbonyl (C=O) groups is 1. The van der Waals surface area contributed by atoms with Crippen LogP contribution in [0.15, 0.2) is 42.9 Å². The van der Waals surface area contributed by atoms with Gasteiger partial charge in [-0.2, -0.15) is 0 Å². The van der Waals surface area contributed by atoms with Gasteiger partial charge in [-0.15, -0.1) is 0 Å². The van der Waals surface area contributed by atoms with E-state index in [0.717, 1.165) is 12.1 Å². The zero-order valence-electron chi connectivity index (χ0n) is 9.76.